The zero-order valence-electron chi connectivity index (χ0n) is 17.0. The number of rotatable bonds is 5. The number of aromatic nitrogens is 3. The van der Waals surface area contributed by atoms with Crippen molar-refractivity contribution in [2.75, 3.05) is 24.6 Å². The Morgan fingerprint density at radius 3 is 2.73 bits per heavy atom. The van der Waals surface area contributed by atoms with Crippen LogP contribution in [0.3, 0.4) is 0 Å². The molecule has 3 aromatic rings. The van der Waals surface area contributed by atoms with Gasteiger partial charge in [0.2, 0.25) is 0 Å². The number of fused-ring (bicyclic) bond motifs is 3. The predicted molar refractivity (Wildman–Crippen MR) is 112 cm³/mol. The van der Waals surface area contributed by atoms with Crippen molar-refractivity contribution in [1.29, 1.82) is 5.26 Å². The van der Waals surface area contributed by atoms with Crippen LogP contribution in [0.5, 0.6) is 5.75 Å². The van der Waals surface area contributed by atoms with E-state index in [2.05, 4.69) is 21.4 Å². The van der Waals surface area contributed by atoms with Crippen molar-refractivity contribution in [3.05, 3.63) is 42.4 Å². The topological polar surface area (TPSA) is 98.7 Å². The van der Waals surface area contributed by atoms with Crippen LogP contribution in [-0.2, 0) is 0 Å². The SMILES string of the molecule is CC(C)(O)COc1cc(-c2ccc(N3C4CNCC3C4)nc2)c2c(C#N)cnn2c1. The average Bonchev–Trinajstić information content (AvgIpc) is 3.15. The molecule has 2 bridgehead atoms. The first-order chi connectivity index (χ1) is 14.4. The summed E-state index contributed by atoms with van der Waals surface area (Å²) in [5, 5.41) is 27.3. The summed E-state index contributed by atoms with van der Waals surface area (Å²) in [5.74, 6) is 1.56. The number of ether oxygens (including phenoxy) is 1. The van der Waals surface area contributed by atoms with E-state index in [0.29, 0.717) is 28.9 Å². The number of aliphatic hydroxyl groups is 1. The molecular weight excluding hydrogens is 380 g/mol. The monoisotopic (exact) mass is 404 g/mol. The lowest BCUT2D eigenvalue weighted by atomic mass is 9.89. The summed E-state index contributed by atoms with van der Waals surface area (Å²) in [5.41, 5.74) is 1.96. The second kappa shape index (κ2) is 6.97. The smallest absolute Gasteiger partial charge is 0.138 e. The van der Waals surface area contributed by atoms with Crippen molar-refractivity contribution in [2.24, 2.45) is 0 Å². The standard InChI is InChI=1S/C22H24N6O2/c1-22(2,29)13-30-18-6-19(21-15(7-23)9-26-27(21)12-18)14-3-4-20(25-8-14)28-16-5-17(28)11-24-10-16/h3-4,6,8-9,12,16-17,24,29H,5,10-11,13H2,1-2H3. The normalized spacial score (nSPS) is 20.7. The Balaban J connectivity index is 1.52. The van der Waals surface area contributed by atoms with Gasteiger partial charge in [-0.05, 0) is 38.5 Å². The minimum absolute atomic E-state index is 0.146. The molecule has 0 aliphatic carbocycles. The molecule has 0 aromatic carbocycles. The van der Waals surface area contributed by atoms with Crippen molar-refractivity contribution < 1.29 is 9.84 Å². The van der Waals surface area contributed by atoms with Crippen molar-refractivity contribution in [1.82, 2.24) is 19.9 Å². The number of pyridine rings is 2. The van der Waals surface area contributed by atoms with Gasteiger partial charge in [0, 0.05) is 42.5 Å². The second-order valence-corrected chi connectivity index (χ2v) is 8.67. The third-order valence-electron chi connectivity index (χ3n) is 5.71. The minimum atomic E-state index is -0.954. The third kappa shape index (κ3) is 3.26. The lowest BCUT2D eigenvalue weighted by Crippen LogP contribution is -2.68. The highest BCUT2D eigenvalue weighted by atomic mass is 16.5. The minimum Gasteiger partial charge on any atom is -0.489 e. The third-order valence-corrected chi connectivity index (χ3v) is 5.71. The summed E-state index contributed by atoms with van der Waals surface area (Å²) >= 11 is 0. The van der Waals surface area contributed by atoms with Crippen LogP contribution < -0.4 is 15.0 Å². The highest BCUT2D eigenvalue weighted by molar-refractivity contribution is 5.85. The number of hydrogen-bond acceptors (Lipinski definition) is 7. The van der Waals surface area contributed by atoms with Gasteiger partial charge in [0.1, 0.15) is 24.2 Å². The Hall–Kier alpha value is -3.15. The van der Waals surface area contributed by atoms with Crippen molar-refractivity contribution in [2.45, 2.75) is 38.0 Å². The van der Waals surface area contributed by atoms with Gasteiger partial charge >= 0.3 is 0 Å². The Kier molecular flexibility index (Phi) is 4.38. The van der Waals surface area contributed by atoms with E-state index in [1.54, 1.807) is 30.8 Å². The summed E-state index contributed by atoms with van der Waals surface area (Å²) in [6.07, 6.45) is 6.34. The van der Waals surface area contributed by atoms with Gasteiger partial charge < -0.3 is 20.1 Å². The van der Waals surface area contributed by atoms with E-state index in [4.69, 9.17) is 9.72 Å². The van der Waals surface area contributed by atoms with Crippen LogP contribution in [0.4, 0.5) is 5.82 Å². The Morgan fingerprint density at radius 2 is 2.10 bits per heavy atom. The quantitative estimate of drug-likeness (QED) is 0.671. The fourth-order valence-corrected chi connectivity index (χ4v) is 4.29. The van der Waals surface area contributed by atoms with Gasteiger partial charge in [0.15, 0.2) is 0 Å². The van der Waals surface area contributed by atoms with Gasteiger partial charge in [-0.25, -0.2) is 9.50 Å². The maximum Gasteiger partial charge on any atom is 0.138 e. The van der Waals surface area contributed by atoms with E-state index in [1.165, 1.54) is 6.42 Å². The fourth-order valence-electron chi connectivity index (χ4n) is 4.29. The van der Waals surface area contributed by atoms with Crippen LogP contribution in [-0.4, -0.2) is 57.1 Å². The molecule has 2 unspecified atom stereocenters. The summed E-state index contributed by atoms with van der Waals surface area (Å²) in [4.78, 5) is 7.11. The molecular formula is C22H24N6O2. The number of nitrogens with zero attached hydrogens (tertiary/aromatic N) is 5. The molecule has 0 amide bonds. The van der Waals surface area contributed by atoms with Gasteiger partial charge in [-0.1, -0.05) is 0 Å². The fraction of sp³-hybridized carbons (Fsp3) is 0.409. The van der Waals surface area contributed by atoms with Crippen LogP contribution >= 0.6 is 0 Å². The van der Waals surface area contributed by atoms with Crippen molar-refractivity contribution in [3.63, 3.8) is 0 Å². The van der Waals surface area contributed by atoms with Gasteiger partial charge in [-0.3, -0.25) is 0 Å². The first-order valence-electron chi connectivity index (χ1n) is 10.1. The van der Waals surface area contributed by atoms with E-state index in [1.807, 2.05) is 24.4 Å². The first kappa shape index (κ1) is 18.9. The zero-order valence-corrected chi connectivity index (χ0v) is 17.0. The molecule has 0 saturated carbocycles. The number of hydrogen-bond donors (Lipinski definition) is 2. The summed E-state index contributed by atoms with van der Waals surface area (Å²) < 4.78 is 7.44. The molecule has 3 aromatic heterocycles. The molecule has 2 aliphatic heterocycles. The first-order valence-corrected chi connectivity index (χ1v) is 10.1. The summed E-state index contributed by atoms with van der Waals surface area (Å²) in [6, 6.07) is 9.21. The number of piperazine rings is 1. The number of nitrogens with one attached hydrogen (secondary N) is 1. The molecule has 2 aliphatic rings. The molecule has 154 valence electrons. The molecule has 5 heterocycles. The molecule has 5 rings (SSSR count). The van der Waals surface area contributed by atoms with E-state index < -0.39 is 5.60 Å². The molecule has 0 spiro atoms. The summed E-state index contributed by atoms with van der Waals surface area (Å²) in [7, 11) is 0. The molecule has 0 radical (unpaired) electrons. The molecule has 2 N–H and O–H groups in total. The summed E-state index contributed by atoms with van der Waals surface area (Å²) in [6.45, 7) is 5.53. The van der Waals surface area contributed by atoms with E-state index >= 15 is 0 Å². The maximum atomic E-state index is 9.99. The Bertz CT molecular complexity index is 1110. The van der Waals surface area contributed by atoms with Crippen LogP contribution in [0.25, 0.3) is 16.6 Å². The van der Waals surface area contributed by atoms with Gasteiger partial charge in [-0.2, -0.15) is 10.4 Å². The largest absolute Gasteiger partial charge is 0.489 e. The van der Waals surface area contributed by atoms with E-state index in [-0.39, 0.29) is 6.61 Å². The average molecular weight is 404 g/mol. The lowest BCUT2D eigenvalue weighted by Gasteiger charge is -2.53. The van der Waals surface area contributed by atoms with Crippen LogP contribution in [0, 0.1) is 11.3 Å². The molecule has 2 atom stereocenters. The molecule has 8 nitrogen and oxygen atoms in total. The number of nitriles is 1. The number of anilines is 1. The van der Waals surface area contributed by atoms with E-state index in [0.717, 1.165) is 30.0 Å². The molecule has 2 saturated heterocycles. The van der Waals surface area contributed by atoms with E-state index in [9.17, 15) is 10.4 Å². The lowest BCUT2D eigenvalue weighted by molar-refractivity contribution is 0.0283. The molecule has 30 heavy (non-hydrogen) atoms. The van der Waals surface area contributed by atoms with Crippen molar-refractivity contribution in [3.8, 4) is 22.9 Å². The number of piperidine rings is 1. The maximum absolute atomic E-state index is 9.99. The van der Waals surface area contributed by atoms with Crippen LogP contribution in [0.1, 0.15) is 25.8 Å². The van der Waals surface area contributed by atoms with Crippen LogP contribution in [0.2, 0.25) is 0 Å². The molecule has 2 fully saturated rings. The Labute approximate surface area is 174 Å². The van der Waals surface area contributed by atoms with Gasteiger partial charge in [0.25, 0.3) is 0 Å². The van der Waals surface area contributed by atoms with Gasteiger partial charge in [-0.15, -0.1) is 0 Å². The second-order valence-electron chi connectivity index (χ2n) is 8.67. The molecule has 8 heteroatoms. The van der Waals surface area contributed by atoms with Gasteiger partial charge in [0.05, 0.1) is 29.1 Å². The predicted octanol–water partition coefficient (Wildman–Crippen LogP) is 1.97. The highest BCUT2D eigenvalue weighted by Gasteiger charge is 2.41. The van der Waals surface area contributed by atoms with Crippen molar-refractivity contribution >= 4 is 11.3 Å². The highest BCUT2D eigenvalue weighted by Crippen LogP contribution is 2.35. The Morgan fingerprint density at radius 1 is 1.30 bits per heavy atom. The van der Waals surface area contributed by atoms with Crippen LogP contribution in [0.15, 0.2) is 36.8 Å². The zero-order chi connectivity index (χ0) is 20.9.